The Morgan fingerprint density at radius 3 is 2.58 bits per heavy atom. The smallest absolute Gasteiger partial charge is 0.275 e. The van der Waals surface area contributed by atoms with Gasteiger partial charge in [0.05, 0.1) is 7.11 Å². The van der Waals surface area contributed by atoms with Crippen LogP contribution >= 0.6 is 0 Å². The molecule has 0 spiro atoms. The fourth-order valence-corrected chi connectivity index (χ4v) is 2.46. The molecule has 0 aliphatic carbocycles. The number of ether oxygens (including phenoxy) is 2. The van der Waals surface area contributed by atoms with Gasteiger partial charge < -0.3 is 18.9 Å². The maximum absolute atomic E-state index is 12.3. The lowest BCUT2D eigenvalue weighted by Gasteiger charge is -2.17. The van der Waals surface area contributed by atoms with Gasteiger partial charge in [-0.05, 0) is 31.0 Å². The van der Waals surface area contributed by atoms with E-state index in [0.29, 0.717) is 35.3 Å². The van der Waals surface area contributed by atoms with Gasteiger partial charge >= 0.3 is 0 Å². The predicted octanol–water partition coefficient (Wildman–Crippen LogP) is 3.19. The molecule has 0 bridgehead atoms. The predicted molar refractivity (Wildman–Crippen MR) is 95.6 cm³/mol. The SMILES string of the molecule is COc1cc(C(C)=O)ccc1OCc1cc(C(=O)N(C)CC(C)C)no1. The average molecular weight is 360 g/mol. The number of hydrogen-bond donors (Lipinski definition) is 0. The highest BCUT2D eigenvalue weighted by Gasteiger charge is 2.18. The standard InChI is InChI=1S/C19H24N2O5/c1-12(2)10-21(4)19(23)16-9-15(26-20-16)11-25-17-7-6-14(13(3)22)8-18(17)24-5/h6-9,12H,10-11H2,1-5H3. The van der Waals surface area contributed by atoms with Gasteiger partial charge in [0.25, 0.3) is 5.91 Å². The van der Waals surface area contributed by atoms with Crippen molar-refractivity contribution in [2.24, 2.45) is 5.92 Å². The summed E-state index contributed by atoms with van der Waals surface area (Å²) in [7, 11) is 3.23. The van der Waals surface area contributed by atoms with Crippen molar-refractivity contribution in [3.63, 3.8) is 0 Å². The fourth-order valence-electron chi connectivity index (χ4n) is 2.46. The van der Waals surface area contributed by atoms with Crippen LogP contribution in [0.4, 0.5) is 0 Å². The Labute approximate surface area is 152 Å². The molecule has 0 aliphatic rings. The zero-order valence-corrected chi connectivity index (χ0v) is 15.7. The first-order chi connectivity index (χ1) is 12.3. The minimum Gasteiger partial charge on any atom is -0.493 e. The maximum Gasteiger partial charge on any atom is 0.275 e. The number of benzene rings is 1. The van der Waals surface area contributed by atoms with Gasteiger partial charge in [0.2, 0.25) is 0 Å². The second kappa shape index (κ2) is 8.51. The second-order valence-corrected chi connectivity index (χ2v) is 6.47. The lowest BCUT2D eigenvalue weighted by Crippen LogP contribution is -2.30. The number of hydrogen-bond acceptors (Lipinski definition) is 6. The van der Waals surface area contributed by atoms with Crippen LogP contribution in [0.2, 0.25) is 0 Å². The number of carbonyl (C=O) groups is 2. The first kappa shape index (κ1) is 19.5. The fraction of sp³-hybridized carbons (Fsp3) is 0.421. The Morgan fingerprint density at radius 2 is 1.96 bits per heavy atom. The Kier molecular flexibility index (Phi) is 6.38. The number of Topliss-reactive ketones (excluding diaryl/α,β-unsaturated/α-hetero) is 1. The van der Waals surface area contributed by atoms with Crippen LogP contribution in [0.15, 0.2) is 28.8 Å². The maximum atomic E-state index is 12.3. The molecule has 0 atom stereocenters. The molecule has 1 heterocycles. The number of nitrogens with zero attached hydrogens (tertiary/aromatic N) is 2. The van der Waals surface area contributed by atoms with E-state index in [-0.39, 0.29) is 24.0 Å². The van der Waals surface area contributed by atoms with Crippen LogP contribution < -0.4 is 9.47 Å². The van der Waals surface area contributed by atoms with Gasteiger partial charge in [-0.15, -0.1) is 0 Å². The molecule has 140 valence electrons. The van der Waals surface area contributed by atoms with Crippen molar-refractivity contribution < 1.29 is 23.6 Å². The summed E-state index contributed by atoms with van der Waals surface area (Å²) >= 11 is 0. The van der Waals surface area contributed by atoms with Crippen molar-refractivity contribution in [2.75, 3.05) is 20.7 Å². The molecule has 0 aliphatic heterocycles. The second-order valence-electron chi connectivity index (χ2n) is 6.47. The van der Waals surface area contributed by atoms with Crippen LogP contribution in [0.5, 0.6) is 11.5 Å². The molecule has 7 nitrogen and oxygen atoms in total. The number of amides is 1. The lowest BCUT2D eigenvalue weighted by molar-refractivity contribution is 0.0768. The molecule has 1 aromatic carbocycles. The number of rotatable bonds is 8. The van der Waals surface area contributed by atoms with E-state index >= 15 is 0 Å². The summed E-state index contributed by atoms with van der Waals surface area (Å²) < 4.78 is 16.1. The van der Waals surface area contributed by atoms with Crippen molar-refractivity contribution in [2.45, 2.75) is 27.4 Å². The van der Waals surface area contributed by atoms with Crippen LogP contribution in [0.3, 0.4) is 0 Å². The van der Waals surface area contributed by atoms with Crippen molar-refractivity contribution in [3.8, 4) is 11.5 Å². The van der Waals surface area contributed by atoms with Crippen LogP contribution in [0.25, 0.3) is 0 Å². The van der Waals surface area contributed by atoms with E-state index in [1.165, 1.54) is 14.0 Å². The van der Waals surface area contributed by atoms with Crippen LogP contribution in [0.1, 0.15) is 47.4 Å². The Hall–Kier alpha value is -2.83. The molecule has 26 heavy (non-hydrogen) atoms. The highest BCUT2D eigenvalue weighted by atomic mass is 16.5. The third-order valence-corrected chi connectivity index (χ3v) is 3.70. The molecule has 2 aromatic rings. The molecule has 1 amide bonds. The lowest BCUT2D eigenvalue weighted by atomic mass is 10.1. The number of ketones is 1. The van der Waals surface area contributed by atoms with E-state index < -0.39 is 0 Å². The van der Waals surface area contributed by atoms with Gasteiger partial charge in [0.15, 0.2) is 28.7 Å². The molecule has 0 fully saturated rings. The normalized spacial score (nSPS) is 10.7. The molecule has 0 unspecified atom stereocenters. The highest BCUT2D eigenvalue weighted by Crippen LogP contribution is 2.29. The summed E-state index contributed by atoms with van der Waals surface area (Å²) in [5.41, 5.74) is 0.778. The van der Waals surface area contributed by atoms with Gasteiger partial charge in [0, 0.05) is 25.2 Å². The van der Waals surface area contributed by atoms with E-state index in [1.807, 2.05) is 13.8 Å². The van der Waals surface area contributed by atoms with Crippen LogP contribution in [-0.2, 0) is 6.61 Å². The van der Waals surface area contributed by atoms with Crippen LogP contribution in [-0.4, -0.2) is 42.4 Å². The Bertz CT molecular complexity index is 782. The minimum atomic E-state index is -0.197. The summed E-state index contributed by atoms with van der Waals surface area (Å²) in [5.74, 6) is 1.45. The Balaban J connectivity index is 2.04. The summed E-state index contributed by atoms with van der Waals surface area (Å²) in [5, 5.41) is 3.81. The Morgan fingerprint density at radius 1 is 1.23 bits per heavy atom. The molecule has 0 saturated heterocycles. The molecule has 2 rings (SSSR count). The molecule has 0 N–H and O–H groups in total. The van der Waals surface area contributed by atoms with Crippen molar-refractivity contribution in [1.29, 1.82) is 0 Å². The van der Waals surface area contributed by atoms with Crippen molar-refractivity contribution in [3.05, 3.63) is 41.3 Å². The van der Waals surface area contributed by atoms with E-state index in [9.17, 15) is 9.59 Å². The van der Waals surface area contributed by atoms with Crippen molar-refractivity contribution in [1.82, 2.24) is 10.1 Å². The number of carbonyl (C=O) groups excluding carboxylic acids is 2. The molecule has 0 saturated carbocycles. The largest absolute Gasteiger partial charge is 0.493 e. The van der Waals surface area contributed by atoms with E-state index in [2.05, 4.69) is 5.16 Å². The van der Waals surface area contributed by atoms with Gasteiger partial charge in [-0.3, -0.25) is 9.59 Å². The van der Waals surface area contributed by atoms with Gasteiger partial charge in [0.1, 0.15) is 6.61 Å². The quantitative estimate of drug-likeness (QED) is 0.673. The van der Waals surface area contributed by atoms with Crippen molar-refractivity contribution >= 4 is 11.7 Å². The molecule has 1 aromatic heterocycles. The van der Waals surface area contributed by atoms with Gasteiger partial charge in [-0.25, -0.2) is 0 Å². The number of methoxy groups -OCH3 is 1. The minimum absolute atomic E-state index is 0.0567. The summed E-state index contributed by atoms with van der Waals surface area (Å²) in [6.07, 6.45) is 0. The first-order valence-corrected chi connectivity index (χ1v) is 8.34. The third-order valence-electron chi connectivity index (χ3n) is 3.70. The third kappa shape index (κ3) is 4.84. The summed E-state index contributed by atoms with van der Waals surface area (Å²) in [6, 6.07) is 6.51. The topological polar surface area (TPSA) is 81.9 Å². The average Bonchev–Trinajstić information content (AvgIpc) is 3.07. The molecule has 0 radical (unpaired) electrons. The van der Waals surface area contributed by atoms with Crippen LogP contribution in [0, 0.1) is 5.92 Å². The molecular weight excluding hydrogens is 336 g/mol. The summed E-state index contributed by atoms with van der Waals surface area (Å²) in [6.45, 7) is 6.28. The number of aromatic nitrogens is 1. The van der Waals surface area contributed by atoms with Gasteiger partial charge in [-0.2, -0.15) is 0 Å². The highest BCUT2D eigenvalue weighted by molar-refractivity contribution is 5.94. The molecular formula is C19H24N2O5. The van der Waals surface area contributed by atoms with E-state index in [4.69, 9.17) is 14.0 Å². The van der Waals surface area contributed by atoms with E-state index in [0.717, 1.165) is 0 Å². The zero-order chi connectivity index (χ0) is 19.3. The molecule has 7 heteroatoms. The summed E-state index contributed by atoms with van der Waals surface area (Å²) in [4.78, 5) is 25.3. The first-order valence-electron chi connectivity index (χ1n) is 8.34. The monoisotopic (exact) mass is 360 g/mol. The van der Waals surface area contributed by atoms with E-state index in [1.54, 1.807) is 36.2 Å². The zero-order valence-electron chi connectivity index (χ0n) is 15.7. The van der Waals surface area contributed by atoms with Gasteiger partial charge in [-0.1, -0.05) is 19.0 Å².